The summed E-state index contributed by atoms with van der Waals surface area (Å²) in [5.41, 5.74) is 9.53. The summed E-state index contributed by atoms with van der Waals surface area (Å²) >= 11 is 11.9. The van der Waals surface area contributed by atoms with E-state index in [0.29, 0.717) is 0 Å². The van der Waals surface area contributed by atoms with E-state index in [2.05, 4.69) is 10.2 Å². The maximum Gasteiger partial charge on any atom is 0.349 e. The molecule has 0 saturated heterocycles. The average molecular weight is 387 g/mol. The molecule has 0 heterocycles. The van der Waals surface area contributed by atoms with Gasteiger partial charge in [-0.15, -0.1) is 5.10 Å². The van der Waals surface area contributed by atoms with E-state index in [0.717, 1.165) is 24.4 Å². The zero-order chi connectivity index (χ0) is 18.6. The van der Waals surface area contributed by atoms with Crippen molar-refractivity contribution in [3.8, 4) is 5.75 Å². The Morgan fingerprint density at radius 3 is 2.40 bits per heavy atom. The number of nitrogens with two attached hydrogens (primary N) is 2. The maximum absolute atomic E-state index is 13.7. The number of halogens is 4. The number of carbonyl (C=O) groups excluding carboxylic acids is 1. The van der Waals surface area contributed by atoms with Crippen molar-refractivity contribution in [2.24, 2.45) is 21.7 Å². The van der Waals surface area contributed by atoms with Crippen molar-refractivity contribution in [3.05, 3.63) is 63.1 Å². The van der Waals surface area contributed by atoms with Crippen molar-refractivity contribution >= 4 is 41.3 Å². The smallest absolute Gasteiger partial charge is 0.349 e. The Morgan fingerprint density at radius 1 is 1.16 bits per heavy atom. The molecule has 130 valence electrons. The molecule has 0 atom stereocenters. The molecule has 2 rings (SSSR count). The highest BCUT2D eigenvalue weighted by molar-refractivity contribution is 6.36. The second kappa shape index (κ2) is 7.91. The van der Waals surface area contributed by atoms with Gasteiger partial charge in [0.25, 0.3) is 0 Å². The van der Waals surface area contributed by atoms with Crippen molar-refractivity contribution in [2.75, 3.05) is 0 Å². The minimum Gasteiger partial charge on any atom is -0.420 e. The van der Waals surface area contributed by atoms with Crippen molar-refractivity contribution in [1.29, 1.82) is 0 Å². The molecule has 0 aliphatic rings. The van der Waals surface area contributed by atoms with Gasteiger partial charge in [0, 0.05) is 10.6 Å². The van der Waals surface area contributed by atoms with E-state index in [9.17, 15) is 13.6 Å². The van der Waals surface area contributed by atoms with Crippen LogP contribution in [0.2, 0.25) is 10.0 Å². The van der Waals surface area contributed by atoms with E-state index in [4.69, 9.17) is 39.4 Å². The normalized spacial score (nSPS) is 10.7. The highest BCUT2D eigenvalue weighted by Crippen LogP contribution is 2.32. The zero-order valence-corrected chi connectivity index (χ0v) is 13.9. The highest BCUT2D eigenvalue weighted by atomic mass is 35.5. The molecule has 6 nitrogen and oxygen atoms in total. The molecule has 4 N–H and O–H groups in total. The fourth-order valence-electron chi connectivity index (χ4n) is 1.78. The van der Waals surface area contributed by atoms with E-state index in [-0.39, 0.29) is 27.3 Å². The molecule has 25 heavy (non-hydrogen) atoms. The molecule has 0 unspecified atom stereocenters. The monoisotopic (exact) mass is 386 g/mol. The summed E-state index contributed by atoms with van der Waals surface area (Å²) in [7, 11) is 0. The van der Waals surface area contributed by atoms with Crippen LogP contribution in [0.25, 0.3) is 0 Å². The molecule has 0 bridgehead atoms. The van der Waals surface area contributed by atoms with Crippen LogP contribution in [-0.4, -0.2) is 18.1 Å². The summed E-state index contributed by atoms with van der Waals surface area (Å²) < 4.78 is 32.4. The van der Waals surface area contributed by atoms with Gasteiger partial charge >= 0.3 is 5.97 Å². The quantitative estimate of drug-likeness (QED) is 0.277. The number of hydrogen-bond donors (Lipinski definition) is 2. The summed E-state index contributed by atoms with van der Waals surface area (Å²) in [6, 6.07) is 5.58. The molecular formula is C15H10Cl2F2N4O2. The Balaban J connectivity index is 2.43. The van der Waals surface area contributed by atoms with Gasteiger partial charge in [0.1, 0.15) is 17.2 Å². The minimum atomic E-state index is -1.28. The number of guanidine groups is 1. The number of rotatable bonds is 4. The first kappa shape index (κ1) is 18.6. The van der Waals surface area contributed by atoms with E-state index >= 15 is 0 Å². The van der Waals surface area contributed by atoms with Crippen LogP contribution in [-0.2, 0) is 0 Å². The van der Waals surface area contributed by atoms with Gasteiger partial charge in [-0.1, -0.05) is 29.3 Å². The van der Waals surface area contributed by atoms with Crippen LogP contribution in [0.4, 0.5) is 8.78 Å². The maximum atomic E-state index is 13.7. The second-order valence-electron chi connectivity index (χ2n) is 4.56. The van der Waals surface area contributed by atoms with Crippen LogP contribution in [0.3, 0.4) is 0 Å². The van der Waals surface area contributed by atoms with Gasteiger partial charge in [-0.3, -0.25) is 0 Å². The van der Waals surface area contributed by atoms with Crippen molar-refractivity contribution in [3.63, 3.8) is 0 Å². The first-order valence-corrected chi connectivity index (χ1v) is 7.32. The summed E-state index contributed by atoms with van der Waals surface area (Å²) in [6.45, 7) is 0. The summed E-state index contributed by atoms with van der Waals surface area (Å²) in [4.78, 5) is 12.1. The molecule has 0 amide bonds. The molecule has 10 heteroatoms. The molecule has 0 aliphatic heterocycles. The molecule has 0 aromatic heterocycles. The second-order valence-corrected chi connectivity index (χ2v) is 5.41. The molecule has 2 aromatic rings. The van der Waals surface area contributed by atoms with Crippen LogP contribution in [0.1, 0.15) is 15.9 Å². The Morgan fingerprint density at radius 2 is 1.80 bits per heavy atom. The number of carbonyl (C=O) groups is 1. The Bertz CT molecular complexity index is 864. The van der Waals surface area contributed by atoms with E-state index in [1.165, 1.54) is 12.1 Å². The van der Waals surface area contributed by atoms with Gasteiger partial charge in [-0.2, -0.15) is 5.10 Å². The number of nitrogens with zero attached hydrogens (tertiary/aromatic N) is 2. The molecule has 2 aromatic carbocycles. The van der Waals surface area contributed by atoms with Gasteiger partial charge in [0.2, 0.25) is 5.96 Å². The van der Waals surface area contributed by atoms with Gasteiger partial charge < -0.3 is 16.2 Å². The first-order valence-electron chi connectivity index (χ1n) is 6.56. The lowest BCUT2D eigenvalue weighted by Gasteiger charge is -2.10. The lowest BCUT2D eigenvalue weighted by atomic mass is 10.2. The van der Waals surface area contributed by atoms with Gasteiger partial charge in [-0.25, -0.2) is 13.6 Å². The van der Waals surface area contributed by atoms with Crippen LogP contribution in [0, 0.1) is 11.6 Å². The van der Waals surface area contributed by atoms with Crippen molar-refractivity contribution < 1.29 is 18.3 Å². The lowest BCUT2D eigenvalue weighted by Crippen LogP contribution is -2.21. The standard InChI is InChI=1S/C15H10Cl2F2N4O2/c16-8-4-7(6-22-23-15(20)21)13(9(17)5-8)25-14(24)12-10(18)2-1-3-11(12)19/h1-6H,(H4,20,21,23). The molecule has 0 saturated carbocycles. The van der Waals surface area contributed by atoms with Crippen LogP contribution >= 0.6 is 23.2 Å². The third-order valence-electron chi connectivity index (χ3n) is 2.77. The lowest BCUT2D eigenvalue weighted by molar-refractivity contribution is 0.0724. The van der Waals surface area contributed by atoms with Crippen molar-refractivity contribution in [1.82, 2.24) is 0 Å². The number of ether oxygens (including phenoxy) is 1. The van der Waals surface area contributed by atoms with Crippen LogP contribution in [0.15, 0.2) is 40.5 Å². The predicted octanol–water partition coefficient (Wildman–Crippen LogP) is 3.10. The average Bonchev–Trinajstić information content (AvgIpc) is 2.50. The topological polar surface area (TPSA) is 103 Å². The molecule has 0 radical (unpaired) electrons. The van der Waals surface area contributed by atoms with Crippen LogP contribution < -0.4 is 16.2 Å². The Kier molecular flexibility index (Phi) is 5.89. The Labute approximate surface area is 150 Å². The summed E-state index contributed by atoms with van der Waals surface area (Å²) in [5, 5.41) is 7.06. The molecular weight excluding hydrogens is 377 g/mol. The van der Waals surface area contributed by atoms with Gasteiger partial charge in [0.15, 0.2) is 5.75 Å². The van der Waals surface area contributed by atoms with E-state index in [1.54, 1.807) is 0 Å². The third-order valence-corrected chi connectivity index (χ3v) is 3.27. The number of esters is 1. The largest absolute Gasteiger partial charge is 0.420 e. The van der Waals surface area contributed by atoms with E-state index in [1.807, 2.05) is 0 Å². The molecule has 0 aliphatic carbocycles. The summed E-state index contributed by atoms with van der Waals surface area (Å²) in [5.74, 6) is -3.96. The Hall–Kier alpha value is -2.71. The fourth-order valence-corrected chi connectivity index (χ4v) is 2.33. The highest BCUT2D eigenvalue weighted by Gasteiger charge is 2.22. The fraction of sp³-hybridized carbons (Fsp3) is 0. The summed E-state index contributed by atoms with van der Waals surface area (Å²) in [6.07, 6.45) is 1.11. The van der Waals surface area contributed by atoms with Crippen LogP contribution in [0.5, 0.6) is 5.75 Å². The SMILES string of the molecule is NC(N)=NN=Cc1cc(Cl)cc(Cl)c1OC(=O)c1c(F)cccc1F. The first-order chi connectivity index (χ1) is 11.8. The third kappa shape index (κ3) is 4.65. The van der Waals surface area contributed by atoms with Gasteiger partial charge in [-0.05, 0) is 24.3 Å². The number of hydrogen-bond acceptors (Lipinski definition) is 4. The molecule has 0 fully saturated rings. The zero-order valence-electron chi connectivity index (χ0n) is 12.3. The van der Waals surface area contributed by atoms with Gasteiger partial charge in [0.05, 0.1) is 11.2 Å². The minimum absolute atomic E-state index is 0.0799. The van der Waals surface area contributed by atoms with Crippen molar-refractivity contribution in [2.45, 2.75) is 0 Å². The predicted molar refractivity (Wildman–Crippen MR) is 91.2 cm³/mol. The van der Waals surface area contributed by atoms with E-state index < -0.39 is 23.2 Å². The molecule has 0 spiro atoms. The number of benzene rings is 2.